The lowest BCUT2D eigenvalue weighted by atomic mass is 10.3. The first-order valence-corrected chi connectivity index (χ1v) is 5.98. The number of nitrogens with zero attached hydrogens (tertiary/aromatic N) is 1. The largest absolute Gasteiger partial charge is 0.384 e. The van der Waals surface area contributed by atoms with Crippen molar-refractivity contribution in [3.05, 3.63) is 47.5 Å². The molecule has 2 N–H and O–H groups in total. The smallest absolute Gasteiger partial charge is 0.124 e. The number of benzene rings is 1. The third-order valence-corrected chi connectivity index (χ3v) is 2.64. The molecule has 1 aromatic carbocycles. The summed E-state index contributed by atoms with van der Waals surface area (Å²) < 4.78 is 12.9. The lowest BCUT2D eigenvalue weighted by Gasteiger charge is -2.10. The highest BCUT2D eigenvalue weighted by molar-refractivity contribution is 6.33. The first-order chi connectivity index (χ1) is 8.69. The number of nitrogens with one attached hydrogen (secondary N) is 2. The topological polar surface area (TPSA) is 37.0 Å². The molecule has 0 atom stereocenters. The summed E-state index contributed by atoms with van der Waals surface area (Å²) >= 11 is 5.94. The fourth-order valence-corrected chi connectivity index (χ4v) is 1.77. The molecule has 2 aromatic rings. The molecule has 0 bridgehead atoms. The molecule has 0 aliphatic rings. The predicted octanol–water partition coefficient (Wildman–Crippen LogP) is 4.05. The van der Waals surface area contributed by atoms with E-state index in [1.54, 1.807) is 18.5 Å². The van der Waals surface area contributed by atoms with Gasteiger partial charge in [-0.05, 0) is 31.2 Å². The van der Waals surface area contributed by atoms with E-state index in [-0.39, 0.29) is 5.82 Å². The van der Waals surface area contributed by atoms with E-state index in [1.165, 1.54) is 12.1 Å². The summed E-state index contributed by atoms with van der Waals surface area (Å²) in [6.45, 7) is 2.83. The third kappa shape index (κ3) is 3.11. The number of halogens is 2. The summed E-state index contributed by atoms with van der Waals surface area (Å²) in [5.41, 5.74) is 2.36. The van der Waals surface area contributed by atoms with E-state index in [2.05, 4.69) is 15.6 Å². The quantitative estimate of drug-likeness (QED) is 0.876. The monoisotopic (exact) mass is 265 g/mol. The molecule has 0 saturated carbocycles. The van der Waals surface area contributed by atoms with Crippen LogP contribution >= 0.6 is 11.6 Å². The highest BCUT2D eigenvalue weighted by Crippen LogP contribution is 2.26. The molecule has 0 radical (unpaired) electrons. The standard InChI is InChI=1S/C13H13ClFN3/c1-2-17-10-6-11(8-16-7-10)18-13-4-3-9(15)5-12(13)14/h3-8,17-18H,2H2,1H3. The molecular formula is C13H13ClFN3. The molecule has 18 heavy (non-hydrogen) atoms. The summed E-state index contributed by atoms with van der Waals surface area (Å²) in [6, 6.07) is 6.13. The van der Waals surface area contributed by atoms with Crippen LogP contribution in [0.15, 0.2) is 36.7 Å². The summed E-state index contributed by atoms with van der Waals surface area (Å²) in [4.78, 5) is 4.10. The van der Waals surface area contributed by atoms with E-state index in [9.17, 15) is 4.39 Å². The Hall–Kier alpha value is -1.81. The Bertz CT molecular complexity index is 546. The SMILES string of the molecule is CCNc1cncc(Nc2ccc(F)cc2Cl)c1. The van der Waals surface area contributed by atoms with E-state index in [4.69, 9.17) is 11.6 Å². The van der Waals surface area contributed by atoms with Crippen LogP contribution in [0, 0.1) is 5.82 Å². The Kier molecular flexibility index (Phi) is 3.99. The Balaban J connectivity index is 2.20. The van der Waals surface area contributed by atoms with Crippen LogP contribution in [0.4, 0.5) is 21.5 Å². The van der Waals surface area contributed by atoms with E-state index in [0.29, 0.717) is 10.7 Å². The Labute approximate surface area is 110 Å². The van der Waals surface area contributed by atoms with Gasteiger partial charge in [-0.1, -0.05) is 11.6 Å². The van der Waals surface area contributed by atoms with E-state index in [0.717, 1.165) is 17.9 Å². The maximum absolute atomic E-state index is 12.9. The molecule has 0 spiro atoms. The van der Waals surface area contributed by atoms with Gasteiger partial charge in [0.2, 0.25) is 0 Å². The molecule has 0 amide bonds. The zero-order valence-electron chi connectivity index (χ0n) is 9.87. The molecule has 94 valence electrons. The molecule has 1 aromatic heterocycles. The molecule has 0 aliphatic carbocycles. The van der Waals surface area contributed by atoms with Gasteiger partial charge in [-0.3, -0.25) is 4.98 Å². The number of pyridine rings is 1. The molecule has 0 aliphatic heterocycles. The van der Waals surface area contributed by atoms with Crippen LogP contribution < -0.4 is 10.6 Å². The van der Waals surface area contributed by atoms with Gasteiger partial charge in [0, 0.05) is 6.54 Å². The van der Waals surface area contributed by atoms with Crippen molar-refractivity contribution in [2.24, 2.45) is 0 Å². The minimum Gasteiger partial charge on any atom is -0.384 e. The van der Waals surface area contributed by atoms with Crippen molar-refractivity contribution in [3.8, 4) is 0 Å². The number of rotatable bonds is 4. The van der Waals surface area contributed by atoms with Gasteiger partial charge in [0.15, 0.2) is 0 Å². The molecule has 0 unspecified atom stereocenters. The molecule has 0 saturated heterocycles. The highest BCUT2D eigenvalue weighted by atomic mass is 35.5. The van der Waals surface area contributed by atoms with Gasteiger partial charge in [0.25, 0.3) is 0 Å². The van der Waals surface area contributed by atoms with Crippen LogP contribution in [0.25, 0.3) is 0 Å². The van der Waals surface area contributed by atoms with Crippen LogP contribution in [-0.2, 0) is 0 Å². The third-order valence-electron chi connectivity index (χ3n) is 2.33. The average molecular weight is 266 g/mol. The van der Waals surface area contributed by atoms with Gasteiger partial charge in [0.1, 0.15) is 5.82 Å². The second-order valence-corrected chi connectivity index (χ2v) is 4.15. The Morgan fingerprint density at radius 3 is 2.72 bits per heavy atom. The second-order valence-electron chi connectivity index (χ2n) is 3.74. The zero-order chi connectivity index (χ0) is 13.0. The normalized spacial score (nSPS) is 10.2. The van der Waals surface area contributed by atoms with Gasteiger partial charge in [-0.2, -0.15) is 0 Å². The van der Waals surface area contributed by atoms with Crippen molar-refractivity contribution in [3.63, 3.8) is 0 Å². The molecular weight excluding hydrogens is 253 g/mol. The maximum Gasteiger partial charge on any atom is 0.124 e. The first kappa shape index (κ1) is 12.6. The fraction of sp³-hybridized carbons (Fsp3) is 0.154. The molecule has 5 heteroatoms. The van der Waals surface area contributed by atoms with Crippen LogP contribution in [0.2, 0.25) is 5.02 Å². The van der Waals surface area contributed by atoms with E-state index < -0.39 is 0 Å². The molecule has 2 rings (SSSR count). The minimum atomic E-state index is -0.356. The summed E-state index contributed by atoms with van der Waals surface area (Å²) in [6.07, 6.45) is 3.42. The van der Waals surface area contributed by atoms with Crippen LogP contribution in [0.5, 0.6) is 0 Å². The van der Waals surface area contributed by atoms with Gasteiger partial charge in [-0.25, -0.2) is 4.39 Å². The lowest BCUT2D eigenvalue weighted by molar-refractivity contribution is 0.628. The van der Waals surface area contributed by atoms with Crippen molar-refractivity contribution in [1.82, 2.24) is 4.98 Å². The lowest BCUT2D eigenvalue weighted by Crippen LogP contribution is -1.99. The van der Waals surface area contributed by atoms with E-state index in [1.807, 2.05) is 13.0 Å². The summed E-state index contributed by atoms with van der Waals surface area (Å²) in [5.74, 6) is -0.356. The number of aromatic nitrogens is 1. The van der Waals surface area contributed by atoms with Crippen LogP contribution in [-0.4, -0.2) is 11.5 Å². The van der Waals surface area contributed by atoms with Crippen molar-refractivity contribution in [1.29, 1.82) is 0 Å². The predicted molar refractivity (Wildman–Crippen MR) is 73.1 cm³/mol. The first-order valence-electron chi connectivity index (χ1n) is 5.60. The van der Waals surface area contributed by atoms with Gasteiger partial charge in [0.05, 0.1) is 34.5 Å². The Morgan fingerprint density at radius 2 is 2.00 bits per heavy atom. The van der Waals surface area contributed by atoms with Crippen LogP contribution in [0.3, 0.4) is 0 Å². The van der Waals surface area contributed by atoms with Crippen LogP contribution in [0.1, 0.15) is 6.92 Å². The van der Waals surface area contributed by atoms with Crippen molar-refractivity contribution in [2.75, 3.05) is 17.2 Å². The zero-order valence-corrected chi connectivity index (χ0v) is 10.6. The number of hydrogen-bond acceptors (Lipinski definition) is 3. The van der Waals surface area contributed by atoms with Gasteiger partial charge >= 0.3 is 0 Å². The second kappa shape index (κ2) is 5.69. The minimum absolute atomic E-state index is 0.337. The molecule has 3 nitrogen and oxygen atoms in total. The number of anilines is 3. The summed E-state index contributed by atoms with van der Waals surface area (Å²) in [5, 5.41) is 6.60. The number of hydrogen-bond donors (Lipinski definition) is 2. The highest BCUT2D eigenvalue weighted by Gasteiger charge is 2.03. The van der Waals surface area contributed by atoms with Gasteiger partial charge < -0.3 is 10.6 Å². The molecule has 0 fully saturated rings. The van der Waals surface area contributed by atoms with Crippen molar-refractivity contribution < 1.29 is 4.39 Å². The van der Waals surface area contributed by atoms with Crippen molar-refractivity contribution >= 4 is 28.7 Å². The fourth-order valence-electron chi connectivity index (χ4n) is 1.56. The average Bonchev–Trinajstić information content (AvgIpc) is 2.34. The maximum atomic E-state index is 12.9. The summed E-state index contributed by atoms with van der Waals surface area (Å²) in [7, 11) is 0. The Morgan fingerprint density at radius 1 is 1.22 bits per heavy atom. The van der Waals surface area contributed by atoms with Crippen molar-refractivity contribution in [2.45, 2.75) is 6.92 Å². The van der Waals surface area contributed by atoms with Gasteiger partial charge in [-0.15, -0.1) is 0 Å². The molecule has 1 heterocycles. The van der Waals surface area contributed by atoms with E-state index >= 15 is 0 Å².